The van der Waals surface area contributed by atoms with Crippen molar-refractivity contribution in [1.82, 2.24) is 10.3 Å². The molecule has 0 fully saturated rings. The van der Waals surface area contributed by atoms with Gasteiger partial charge < -0.3 is 10.1 Å². The molecule has 2 aromatic rings. The predicted octanol–water partition coefficient (Wildman–Crippen LogP) is 3.65. The molecule has 3 rings (SSSR count). The van der Waals surface area contributed by atoms with Gasteiger partial charge in [0.25, 0.3) is 0 Å². The van der Waals surface area contributed by atoms with Crippen molar-refractivity contribution >= 4 is 0 Å². The molecule has 3 N–H and O–H groups in total. The summed E-state index contributed by atoms with van der Waals surface area (Å²) < 4.78 is 0. The molecule has 1 aliphatic carbocycles. The number of allylic oxidation sites excluding steroid dienone is 2. The lowest BCUT2D eigenvalue weighted by atomic mass is 9.89. The van der Waals surface area contributed by atoms with E-state index in [0.717, 1.165) is 25.1 Å². The van der Waals surface area contributed by atoms with Crippen molar-refractivity contribution in [2.45, 2.75) is 25.5 Å². The van der Waals surface area contributed by atoms with E-state index in [4.69, 9.17) is 0 Å². The van der Waals surface area contributed by atoms with Gasteiger partial charge in [0.1, 0.15) is 5.72 Å². The lowest BCUT2D eigenvalue weighted by molar-refractivity contribution is 0.0116. The van der Waals surface area contributed by atoms with E-state index in [0.29, 0.717) is 0 Å². The molecular formula is C20H24N2O. The van der Waals surface area contributed by atoms with Crippen LogP contribution in [0.5, 0.6) is 0 Å². The van der Waals surface area contributed by atoms with Crippen LogP contribution in [0.25, 0.3) is 11.3 Å². The molecule has 1 aromatic heterocycles. The highest BCUT2D eigenvalue weighted by atomic mass is 16.3. The molecule has 1 aliphatic rings. The molecule has 3 heteroatoms. The topological polar surface area (TPSA) is 48.0 Å². The van der Waals surface area contributed by atoms with Gasteiger partial charge in [-0.3, -0.25) is 5.32 Å². The number of hydrogen-bond donors (Lipinski definition) is 3. The van der Waals surface area contributed by atoms with Gasteiger partial charge >= 0.3 is 0 Å². The molecule has 0 saturated carbocycles. The van der Waals surface area contributed by atoms with Crippen LogP contribution in [0.15, 0.2) is 66.9 Å². The maximum Gasteiger partial charge on any atom is 0.141 e. The van der Waals surface area contributed by atoms with E-state index < -0.39 is 5.72 Å². The van der Waals surface area contributed by atoms with Crippen molar-refractivity contribution in [2.75, 3.05) is 6.54 Å². The SMILES string of the molecule is CC[C@@H]1C=CC=CC1(O)NCCc1ccc(-c2ccc[nH]2)cc1. The van der Waals surface area contributed by atoms with E-state index in [1.54, 1.807) is 0 Å². The molecule has 0 aliphatic heterocycles. The summed E-state index contributed by atoms with van der Waals surface area (Å²) in [4.78, 5) is 3.22. The van der Waals surface area contributed by atoms with E-state index in [-0.39, 0.29) is 5.92 Å². The van der Waals surface area contributed by atoms with Crippen LogP contribution in [0, 0.1) is 5.92 Å². The van der Waals surface area contributed by atoms with Crippen LogP contribution in [0.3, 0.4) is 0 Å². The third-order valence-corrected chi connectivity index (χ3v) is 4.49. The number of aromatic nitrogens is 1. The zero-order valence-electron chi connectivity index (χ0n) is 13.5. The molecule has 0 bridgehead atoms. The highest BCUT2D eigenvalue weighted by Crippen LogP contribution is 2.25. The lowest BCUT2D eigenvalue weighted by Gasteiger charge is -2.34. The van der Waals surface area contributed by atoms with Crippen molar-refractivity contribution in [1.29, 1.82) is 0 Å². The molecule has 3 nitrogen and oxygen atoms in total. The van der Waals surface area contributed by atoms with Gasteiger partial charge in [-0.15, -0.1) is 0 Å². The summed E-state index contributed by atoms with van der Waals surface area (Å²) in [6, 6.07) is 12.6. The molecule has 0 saturated heterocycles. The number of hydrogen-bond acceptors (Lipinski definition) is 2. The summed E-state index contributed by atoms with van der Waals surface area (Å²) in [5, 5.41) is 14.0. The monoisotopic (exact) mass is 308 g/mol. The summed E-state index contributed by atoms with van der Waals surface area (Å²) in [5.74, 6) is 0.128. The fraction of sp³-hybridized carbons (Fsp3) is 0.300. The molecule has 1 aromatic carbocycles. The standard InChI is InChI=1S/C20H24N2O/c1-2-18-6-3-4-13-20(18,23)22-15-12-16-8-10-17(11-9-16)19-7-5-14-21-19/h3-11,13-14,18,21-23H,2,12,15H2,1H3/t18-,20?/m1/s1. The Morgan fingerprint density at radius 1 is 1.17 bits per heavy atom. The lowest BCUT2D eigenvalue weighted by Crippen LogP contribution is -2.50. The van der Waals surface area contributed by atoms with Crippen molar-refractivity contribution in [2.24, 2.45) is 5.92 Å². The normalized spacial score (nSPS) is 23.3. The number of aromatic amines is 1. The second-order valence-electron chi connectivity index (χ2n) is 6.04. The van der Waals surface area contributed by atoms with Gasteiger partial charge in [0, 0.05) is 24.4 Å². The quantitative estimate of drug-likeness (QED) is 0.713. The Bertz CT molecular complexity index is 670. The summed E-state index contributed by atoms with van der Waals surface area (Å²) in [5.41, 5.74) is 2.67. The molecule has 0 amide bonds. The van der Waals surface area contributed by atoms with Crippen LogP contribution in [0.4, 0.5) is 0 Å². The van der Waals surface area contributed by atoms with Crippen LogP contribution in [-0.4, -0.2) is 22.4 Å². The Labute approximate surface area is 137 Å². The van der Waals surface area contributed by atoms with Gasteiger partial charge in [-0.2, -0.15) is 0 Å². The van der Waals surface area contributed by atoms with Gasteiger partial charge in [0.2, 0.25) is 0 Å². The van der Waals surface area contributed by atoms with Crippen molar-refractivity contribution in [3.8, 4) is 11.3 Å². The first-order chi connectivity index (χ1) is 11.2. The fourth-order valence-corrected chi connectivity index (χ4v) is 3.08. The molecule has 23 heavy (non-hydrogen) atoms. The van der Waals surface area contributed by atoms with Crippen LogP contribution < -0.4 is 5.32 Å². The van der Waals surface area contributed by atoms with Gasteiger partial charge in [0.05, 0.1) is 0 Å². The smallest absolute Gasteiger partial charge is 0.141 e. The Kier molecular flexibility index (Phi) is 4.79. The highest BCUT2D eigenvalue weighted by molar-refractivity contribution is 5.59. The van der Waals surface area contributed by atoms with Crippen LogP contribution in [-0.2, 0) is 6.42 Å². The van der Waals surface area contributed by atoms with Gasteiger partial charge in [-0.25, -0.2) is 0 Å². The average Bonchev–Trinajstić information content (AvgIpc) is 3.10. The number of rotatable bonds is 6. The minimum Gasteiger partial charge on any atom is -0.372 e. The highest BCUT2D eigenvalue weighted by Gasteiger charge is 2.31. The second kappa shape index (κ2) is 6.99. The van der Waals surface area contributed by atoms with Crippen LogP contribution in [0.1, 0.15) is 18.9 Å². The first-order valence-electron chi connectivity index (χ1n) is 8.27. The number of nitrogens with one attached hydrogen (secondary N) is 2. The third kappa shape index (κ3) is 3.63. The minimum absolute atomic E-state index is 0.128. The summed E-state index contributed by atoms with van der Waals surface area (Å²) in [6.45, 7) is 2.84. The first kappa shape index (κ1) is 15.8. The molecule has 120 valence electrons. The van der Waals surface area contributed by atoms with E-state index >= 15 is 0 Å². The van der Waals surface area contributed by atoms with Crippen LogP contribution >= 0.6 is 0 Å². The second-order valence-corrected chi connectivity index (χ2v) is 6.04. The molecule has 1 heterocycles. The number of aliphatic hydroxyl groups is 1. The molecule has 2 atom stereocenters. The van der Waals surface area contributed by atoms with Crippen LogP contribution in [0.2, 0.25) is 0 Å². The number of benzene rings is 1. The maximum absolute atomic E-state index is 10.7. The summed E-state index contributed by atoms with van der Waals surface area (Å²) in [7, 11) is 0. The zero-order valence-corrected chi connectivity index (χ0v) is 13.5. The van der Waals surface area contributed by atoms with Crippen molar-refractivity contribution in [3.05, 3.63) is 72.5 Å². The fourth-order valence-electron chi connectivity index (χ4n) is 3.08. The Balaban J connectivity index is 1.56. The number of H-pyrrole nitrogens is 1. The van der Waals surface area contributed by atoms with Gasteiger partial charge in [-0.05, 0) is 42.2 Å². The van der Waals surface area contributed by atoms with Gasteiger partial charge in [0.15, 0.2) is 0 Å². The van der Waals surface area contributed by atoms with E-state index in [1.807, 2.05) is 30.5 Å². The van der Waals surface area contributed by atoms with Crippen molar-refractivity contribution < 1.29 is 5.11 Å². The Morgan fingerprint density at radius 2 is 2.00 bits per heavy atom. The van der Waals surface area contributed by atoms with Gasteiger partial charge in [-0.1, -0.05) is 49.4 Å². The Hall–Kier alpha value is -2.10. The largest absolute Gasteiger partial charge is 0.372 e. The van der Waals surface area contributed by atoms with E-state index in [1.165, 1.54) is 11.1 Å². The maximum atomic E-state index is 10.7. The molecule has 0 spiro atoms. The zero-order chi connectivity index (χ0) is 16.1. The average molecular weight is 308 g/mol. The summed E-state index contributed by atoms with van der Waals surface area (Å²) in [6.07, 6.45) is 11.6. The van der Waals surface area contributed by atoms with E-state index in [2.05, 4.69) is 53.6 Å². The summed E-state index contributed by atoms with van der Waals surface area (Å²) >= 11 is 0. The minimum atomic E-state index is -0.923. The van der Waals surface area contributed by atoms with Crippen molar-refractivity contribution in [3.63, 3.8) is 0 Å². The molecular weight excluding hydrogens is 284 g/mol. The molecule has 0 radical (unpaired) electrons. The Morgan fingerprint density at radius 3 is 2.70 bits per heavy atom. The predicted molar refractivity (Wildman–Crippen MR) is 94.9 cm³/mol. The first-order valence-corrected chi connectivity index (χ1v) is 8.27. The van der Waals surface area contributed by atoms with E-state index in [9.17, 15) is 5.11 Å². The molecule has 1 unspecified atom stereocenters. The third-order valence-electron chi connectivity index (χ3n) is 4.49.